The number of nitrogens with one attached hydrogen (secondary N) is 3. The summed E-state index contributed by atoms with van der Waals surface area (Å²) in [5, 5.41) is 13.6. The van der Waals surface area contributed by atoms with E-state index in [1.54, 1.807) is 19.4 Å². The summed E-state index contributed by atoms with van der Waals surface area (Å²) < 4.78 is 11.2. The van der Waals surface area contributed by atoms with Crippen molar-refractivity contribution in [2.45, 2.75) is 33.4 Å². The van der Waals surface area contributed by atoms with Gasteiger partial charge in [-0.25, -0.2) is 4.98 Å². The van der Waals surface area contributed by atoms with Crippen LogP contribution in [0.5, 0.6) is 5.75 Å². The van der Waals surface area contributed by atoms with E-state index < -0.39 is 0 Å². The molecule has 0 aliphatic rings. The highest BCUT2D eigenvalue weighted by Gasteiger charge is 2.09. The van der Waals surface area contributed by atoms with Gasteiger partial charge in [0.25, 0.3) is 0 Å². The molecule has 0 unspecified atom stereocenters. The van der Waals surface area contributed by atoms with E-state index in [4.69, 9.17) is 9.15 Å². The molecule has 0 saturated heterocycles. The summed E-state index contributed by atoms with van der Waals surface area (Å²) in [5.41, 5.74) is 2.26. The zero-order valence-electron chi connectivity index (χ0n) is 16.5. The van der Waals surface area contributed by atoms with Crippen LogP contribution in [0, 0.1) is 6.92 Å². The molecule has 0 aliphatic heterocycles. The molecule has 8 heteroatoms. The second-order valence-corrected chi connectivity index (χ2v) is 6.32. The zero-order chi connectivity index (χ0) is 19.8. The van der Waals surface area contributed by atoms with Gasteiger partial charge in [-0.1, -0.05) is 19.1 Å². The van der Waals surface area contributed by atoms with Gasteiger partial charge >= 0.3 is 0 Å². The van der Waals surface area contributed by atoms with Gasteiger partial charge < -0.3 is 19.8 Å². The predicted molar refractivity (Wildman–Crippen MR) is 108 cm³/mol. The van der Waals surface area contributed by atoms with Gasteiger partial charge in [-0.2, -0.15) is 0 Å². The standard InChI is InChI=1S/C20H26N6O2/c1-4-9-27-17-11-14(2)7-8-15(17)12-22-20(21-3)23-13-18-24-19(26-25-18)16-6-5-10-28-16/h5-8,10-11H,4,9,12-13H2,1-3H3,(H2,21,22,23)(H,24,25,26). The molecule has 0 amide bonds. The number of H-pyrrole nitrogens is 1. The van der Waals surface area contributed by atoms with Crippen molar-refractivity contribution in [3.63, 3.8) is 0 Å². The minimum atomic E-state index is 0.459. The fourth-order valence-electron chi connectivity index (χ4n) is 2.61. The number of aromatic nitrogens is 3. The number of rotatable bonds is 8. The molecule has 1 aromatic carbocycles. The minimum Gasteiger partial charge on any atom is -0.493 e. The van der Waals surface area contributed by atoms with Crippen LogP contribution in [-0.4, -0.2) is 34.8 Å². The lowest BCUT2D eigenvalue weighted by atomic mass is 10.1. The zero-order valence-corrected chi connectivity index (χ0v) is 16.5. The topological polar surface area (TPSA) is 100 Å². The second kappa shape index (κ2) is 9.59. The molecule has 0 spiro atoms. The van der Waals surface area contributed by atoms with Crippen molar-refractivity contribution in [1.82, 2.24) is 25.8 Å². The van der Waals surface area contributed by atoms with Gasteiger partial charge in [0, 0.05) is 19.2 Å². The third-order valence-corrected chi connectivity index (χ3v) is 4.05. The average Bonchev–Trinajstić information content (AvgIpc) is 3.39. The van der Waals surface area contributed by atoms with Crippen LogP contribution in [0.25, 0.3) is 11.6 Å². The Morgan fingerprint density at radius 1 is 1.25 bits per heavy atom. The van der Waals surface area contributed by atoms with Crippen molar-refractivity contribution in [2.24, 2.45) is 4.99 Å². The number of benzene rings is 1. The molecule has 0 atom stereocenters. The largest absolute Gasteiger partial charge is 0.493 e. The first-order valence-corrected chi connectivity index (χ1v) is 9.31. The van der Waals surface area contributed by atoms with Crippen LogP contribution in [0.3, 0.4) is 0 Å². The van der Waals surface area contributed by atoms with Crippen molar-refractivity contribution in [2.75, 3.05) is 13.7 Å². The maximum atomic E-state index is 5.87. The number of hydrogen-bond acceptors (Lipinski definition) is 5. The van der Waals surface area contributed by atoms with Crippen molar-refractivity contribution in [3.05, 3.63) is 53.5 Å². The van der Waals surface area contributed by atoms with Crippen LogP contribution in [0.4, 0.5) is 0 Å². The smallest absolute Gasteiger partial charge is 0.216 e. The van der Waals surface area contributed by atoms with Gasteiger partial charge in [0.05, 0.1) is 19.4 Å². The molecule has 0 saturated carbocycles. The number of guanidine groups is 1. The van der Waals surface area contributed by atoms with Crippen LogP contribution in [0.2, 0.25) is 0 Å². The number of furan rings is 1. The highest BCUT2D eigenvalue weighted by atomic mass is 16.5. The van der Waals surface area contributed by atoms with E-state index in [2.05, 4.69) is 62.9 Å². The minimum absolute atomic E-state index is 0.459. The fraction of sp³-hybridized carbons (Fsp3) is 0.350. The van der Waals surface area contributed by atoms with Crippen molar-refractivity contribution < 1.29 is 9.15 Å². The highest BCUT2D eigenvalue weighted by molar-refractivity contribution is 5.79. The molecule has 8 nitrogen and oxygen atoms in total. The maximum Gasteiger partial charge on any atom is 0.216 e. The Bertz CT molecular complexity index is 901. The monoisotopic (exact) mass is 382 g/mol. The molecule has 3 aromatic rings. The number of aliphatic imine (C=N–C) groups is 1. The molecule has 2 heterocycles. The lowest BCUT2D eigenvalue weighted by Gasteiger charge is -2.15. The molecular weight excluding hydrogens is 356 g/mol. The van der Waals surface area contributed by atoms with Gasteiger partial charge in [0.2, 0.25) is 5.82 Å². The molecule has 28 heavy (non-hydrogen) atoms. The normalized spacial score (nSPS) is 11.5. The molecule has 0 radical (unpaired) electrons. The summed E-state index contributed by atoms with van der Waals surface area (Å²) in [4.78, 5) is 8.67. The van der Waals surface area contributed by atoms with Crippen LogP contribution >= 0.6 is 0 Å². The first-order valence-electron chi connectivity index (χ1n) is 9.31. The summed E-state index contributed by atoms with van der Waals surface area (Å²) in [5.74, 6) is 3.42. The fourth-order valence-corrected chi connectivity index (χ4v) is 2.61. The van der Waals surface area contributed by atoms with E-state index in [1.807, 2.05) is 6.07 Å². The average molecular weight is 382 g/mol. The Morgan fingerprint density at radius 3 is 2.86 bits per heavy atom. The van der Waals surface area contributed by atoms with E-state index >= 15 is 0 Å². The third-order valence-electron chi connectivity index (χ3n) is 4.05. The first kappa shape index (κ1) is 19.5. The van der Waals surface area contributed by atoms with Gasteiger partial charge in [0.15, 0.2) is 11.7 Å². The Labute approximate surface area is 164 Å². The Kier molecular flexibility index (Phi) is 6.67. The van der Waals surface area contributed by atoms with Crippen LogP contribution in [0.15, 0.2) is 46.0 Å². The van der Waals surface area contributed by atoms with Gasteiger partial charge in [-0.15, -0.1) is 5.10 Å². The van der Waals surface area contributed by atoms with Crippen LogP contribution < -0.4 is 15.4 Å². The van der Waals surface area contributed by atoms with Crippen molar-refractivity contribution in [1.29, 1.82) is 0 Å². The lowest BCUT2D eigenvalue weighted by Crippen LogP contribution is -2.36. The highest BCUT2D eigenvalue weighted by Crippen LogP contribution is 2.20. The molecular formula is C20H26N6O2. The van der Waals surface area contributed by atoms with E-state index in [1.165, 1.54) is 5.56 Å². The quantitative estimate of drug-likeness (QED) is 0.409. The summed E-state index contributed by atoms with van der Waals surface area (Å²) in [6.45, 7) is 5.92. The Hall–Kier alpha value is -3.29. The molecule has 0 aliphatic carbocycles. The van der Waals surface area contributed by atoms with Crippen LogP contribution in [0.1, 0.15) is 30.3 Å². The molecule has 0 fully saturated rings. The maximum absolute atomic E-state index is 5.87. The summed E-state index contributed by atoms with van der Waals surface area (Å²) in [6, 6.07) is 9.84. The van der Waals surface area contributed by atoms with E-state index in [-0.39, 0.29) is 0 Å². The van der Waals surface area contributed by atoms with Crippen molar-refractivity contribution >= 4 is 5.96 Å². The van der Waals surface area contributed by atoms with Gasteiger partial charge in [-0.3, -0.25) is 10.1 Å². The molecule has 2 aromatic heterocycles. The van der Waals surface area contributed by atoms with E-state index in [0.29, 0.717) is 43.1 Å². The number of aromatic amines is 1. The summed E-state index contributed by atoms with van der Waals surface area (Å²) >= 11 is 0. The summed E-state index contributed by atoms with van der Waals surface area (Å²) in [7, 11) is 1.73. The van der Waals surface area contributed by atoms with Gasteiger partial charge in [-0.05, 0) is 37.1 Å². The number of hydrogen-bond donors (Lipinski definition) is 3. The second-order valence-electron chi connectivity index (χ2n) is 6.32. The SMILES string of the molecule is CCCOc1cc(C)ccc1CNC(=NC)NCc1nc(-c2ccco2)n[nH]1. The first-order chi connectivity index (χ1) is 13.7. The molecule has 3 rings (SSSR count). The number of nitrogens with zero attached hydrogens (tertiary/aromatic N) is 3. The Balaban J connectivity index is 1.55. The molecule has 3 N–H and O–H groups in total. The van der Waals surface area contributed by atoms with Gasteiger partial charge in [0.1, 0.15) is 11.6 Å². The van der Waals surface area contributed by atoms with E-state index in [0.717, 1.165) is 17.7 Å². The lowest BCUT2D eigenvalue weighted by molar-refractivity contribution is 0.313. The third kappa shape index (κ3) is 5.12. The predicted octanol–water partition coefficient (Wildman–Crippen LogP) is 3.03. The molecule has 148 valence electrons. The van der Waals surface area contributed by atoms with E-state index in [9.17, 15) is 0 Å². The molecule has 0 bridgehead atoms. The Morgan fingerprint density at radius 2 is 2.11 bits per heavy atom. The number of aryl methyl sites for hydroxylation is 1. The summed E-state index contributed by atoms with van der Waals surface area (Å²) in [6.07, 6.45) is 2.57. The number of ether oxygens (including phenoxy) is 1. The van der Waals surface area contributed by atoms with Crippen molar-refractivity contribution in [3.8, 4) is 17.3 Å². The van der Waals surface area contributed by atoms with Crippen LogP contribution in [-0.2, 0) is 13.1 Å².